The molecule has 30 heavy (non-hydrogen) atoms. The van der Waals surface area contributed by atoms with Gasteiger partial charge in [0.15, 0.2) is 5.78 Å². The van der Waals surface area contributed by atoms with Crippen molar-refractivity contribution in [3.05, 3.63) is 34.9 Å². The van der Waals surface area contributed by atoms with Crippen LogP contribution in [0.5, 0.6) is 0 Å². The molecule has 1 aromatic carbocycles. The Kier molecular flexibility index (Phi) is 15.3. The van der Waals surface area contributed by atoms with Gasteiger partial charge in [-0.1, -0.05) is 115 Å². The smallest absolute Gasteiger partial charge is 0.170 e. The van der Waals surface area contributed by atoms with Crippen LogP contribution in [-0.4, -0.2) is 11.6 Å². The molecule has 0 heterocycles. The van der Waals surface area contributed by atoms with E-state index in [-0.39, 0.29) is 18.0 Å². The first kappa shape index (κ1) is 26.6. The fraction of sp³-hybridized carbons (Fsp3) is 0.714. The molecule has 0 atom stereocenters. The van der Waals surface area contributed by atoms with Gasteiger partial charge in [0.1, 0.15) is 5.78 Å². The van der Waals surface area contributed by atoms with E-state index in [2.05, 4.69) is 6.92 Å². The number of unbranched alkanes of at least 4 members (excludes halogenated alkanes) is 14. The van der Waals surface area contributed by atoms with Gasteiger partial charge >= 0.3 is 0 Å². The van der Waals surface area contributed by atoms with E-state index in [0.717, 1.165) is 24.0 Å². The zero-order valence-electron chi connectivity index (χ0n) is 20.1. The number of carbonyl (C=O) groups is 2. The maximum Gasteiger partial charge on any atom is 0.170 e. The molecule has 0 saturated heterocycles. The number of benzene rings is 1. The summed E-state index contributed by atoms with van der Waals surface area (Å²) in [6.45, 7) is 6.24. The molecule has 0 fully saturated rings. The minimum atomic E-state index is -0.0258. The molecule has 0 unspecified atom stereocenters. The molecular weight excluding hydrogens is 368 g/mol. The molecule has 0 bridgehead atoms. The number of aryl methyl sites for hydroxylation is 1. The van der Waals surface area contributed by atoms with Crippen molar-refractivity contribution < 1.29 is 9.59 Å². The first-order chi connectivity index (χ1) is 14.6. The topological polar surface area (TPSA) is 34.1 Å². The van der Waals surface area contributed by atoms with Crippen molar-refractivity contribution >= 4 is 11.6 Å². The van der Waals surface area contributed by atoms with E-state index in [4.69, 9.17) is 0 Å². The Bertz CT molecular complexity index is 603. The molecule has 0 aliphatic rings. The van der Waals surface area contributed by atoms with E-state index >= 15 is 0 Å². The Hall–Kier alpha value is -1.44. The summed E-state index contributed by atoms with van der Waals surface area (Å²) in [7, 11) is 0. The Morgan fingerprint density at radius 2 is 1.13 bits per heavy atom. The van der Waals surface area contributed by atoms with E-state index in [9.17, 15) is 9.59 Å². The van der Waals surface area contributed by atoms with Crippen molar-refractivity contribution in [1.82, 2.24) is 0 Å². The van der Waals surface area contributed by atoms with Crippen LogP contribution in [0.2, 0.25) is 0 Å². The molecule has 2 nitrogen and oxygen atoms in total. The molecule has 0 saturated carbocycles. The lowest BCUT2D eigenvalue weighted by atomic mass is 9.96. The quantitative estimate of drug-likeness (QED) is 0.129. The SMILES string of the molecule is CCCCCCCCCCCCCCCCCC(=O)CC(=O)c1cccc(C)c1C. The predicted octanol–water partition coefficient (Wildman–Crippen LogP) is 8.71. The van der Waals surface area contributed by atoms with Gasteiger partial charge in [0.05, 0.1) is 6.42 Å². The zero-order chi connectivity index (χ0) is 22.0. The van der Waals surface area contributed by atoms with Crippen LogP contribution in [0.4, 0.5) is 0 Å². The van der Waals surface area contributed by atoms with E-state index in [0.29, 0.717) is 12.0 Å². The Labute approximate surface area is 186 Å². The average molecular weight is 415 g/mol. The summed E-state index contributed by atoms with van der Waals surface area (Å²) in [5.41, 5.74) is 2.82. The van der Waals surface area contributed by atoms with Gasteiger partial charge in [-0.25, -0.2) is 0 Å². The van der Waals surface area contributed by atoms with Crippen molar-refractivity contribution in [2.75, 3.05) is 0 Å². The maximum absolute atomic E-state index is 12.4. The van der Waals surface area contributed by atoms with Crippen LogP contribution < -0.4 is 0 Å². The molecule has 2 heteroatoms. The second kappa shape index (κ2) is 17.3. The molecule has 1 aromatic rings. The first-order valence-electron chi connectivity index (χ1n) is 12.7. The van der Waals surface area contributed by atoms with E-state index < -0.39 is 0 Å². The zero-order valence-corrected chi connectivity index (χ0v) is 20.1. The normalized spacial score (nSPS) is 11.0. The van der Waals surface area contributed by atoms with Gasteiger partial charge in [-0.15, -0.1) is 0 Å². The number of ketones is 2. The molecule has 0 N–H and O–H groups in total. The predicted molar refractivity (Wildman–Crippen MR) is 129 cm³/mol. The summed E-state index contributed by atoms with van der Waals surface area (Å²) in [5, 5.41) is 0. The highest BCUT2D eigenvalue weighted by molar-refractivity contribution is 6.08. The summed E-state index contributed by atoms with van der Waals surface area (Å²) < 4.78 is 0. The minimum Gasteiger partial charge on any atom is -0.299 e. The molecule has 0 aromatic heterocycles. The number of Topliss-reactive ketones (excluding diaryl/α,β-unsaturated/α-hetero) is 2. The Morgan fingerprint density at radius 3 is 1.63 bits per heavy atom. The van der Waals surface area contributed by atoms with Crippen molar-refractivity contribution in [3.8, 4) is 0 Å². The highest BCUT2D eigenvalue weighted by atomic mass is 16.1. The number of hydrogen-bond donors (Lipinski definition) is 0. The molecule has 0 aliphatic carbocycles. The lowest BCUT2D eigenvalue weighted by molar-refractivity contribution is -0.118. The van der Waals surface area contributed by atoms with Crippen LogP contribution in [0.1, 0.15) is 138 Å². The minimum absolute atomic E-state index is 0.0258. The van der Waals surface area contributed by atoms with Gasteiger partial charge < -0.3 is 0 Å². The number of hydrogen-bond acceptors (Lipinski definition) is 2. The molecule has 0 aliphatic heterocycles. The van der Waals surface area contributed by atoms with E-state index in [1.54, 1.807) is 0 Å². The Balaban J connectivity index is 1.94. The largest absolute Gasteiger partial charge is 0.299 e. The van der Waals surface area contributed by atoms with Crippen molar-refractivity contribution in [2.24, 2.45) is 0 Å². The number of rotatable bonds is 19. The maximum atomic E-state index is 12.4. The summed E-state index contributed by atoms with van der Waals surface area (Å²) in [4.78, 5) is 24.5. The second-order valence-corrected chi connectivity index (χ2v) is 9.09. The Morgan fingerprint density at radius 1 is 0.667 bits per heavy atom. The third-order valence-corrected chi connectivity index (χ3v) is 6.32. The number of carbonyl (C=O) groups excluding carboxylic acids is 2. The summed E-state index contributed by atoms with van der Waals surface area (Å²) in [6, 6.07) is 5.74. The lowest BCUT2D eigenvalue weighted by Gasteiger charge is -2.07. The van der Waals surface area contributed by atoms with Gasteiger partial charge in [0.2, 0.25) is 0 Å². The van der Waals surface area contributed by atoms with Crippen LogP contribution in [0.3, 0.4) is 0 Å². The summed E-state index contributed by atoms with van der Waals surface area (Å²) in [6.07, 6.45) is 20.5. The van der Waals surface area contributed by atoms with Crippen LogP contribution in [-0.2, 0) is 4.79 Å². The molecule has 0 amide bonds. The summed E-state index contributed by atoms with van der Waals surface area (Å²) >= 11 is 0. The van der Waals surface area contributed by atoms with Crippen molar-refractivity contribution in [1.29, 1.82) is 0 Å². The molecule has 0 radical (unpaired) electrons. The van der Waals surface area contributed by atoms with Gasteiger partial charge in [0, 0.05) is 12.0 Å². The van der Waals surface area contributed by atoms with Gasteiger partial charge in [-0.2, -0.15) is 0 Å². The fourth-order valence-electron chi connectivity index (χ4n) is 4.11. The van der Waals surface area contributed by atoms with Gasteiger partial charge in [-0.05, 0) is 31.4 Å². The van der Waals surface area contributed by atoms with E-state index in [1.807, 2.05) is 32.0 Å². The lowest BCUT2D eigenvalue weighted by Crippen LogP contribution is -2.10. The van der Waals surface area contributed by atoms with Crippen LogP contribution >= 0.6 is 0 Å². The second-order valence-electron chi connectivity index (χ2n) is 9.09. The highest BCUT2D eigenvalue weighted by Crippen LogP contribution is 2.17. The third-order valence-electron chi connectivity index (χ3n) is 6.32. The average Bonchev–Trinajstić information content (AvgIpc) is 2.72. The monoisotopic (exact) mass is 414 g/mol. The van der Waals surface area contributed by atoms with Crippen LogP contribution in [0.25, 0.3) is 0 Å². The fourth-order valence-corrected chi connectivity index (χ4v) is 4.11. The van der Waals surface area contributed by atoms with Gasteiger partial charge in [-0.3, -0.25) is 9.59 Å². The van der Waals surface area contributed by atoms with Crippen LogP contribution in [0, 0.1) is 13.8 Å². The van der Waals surface area contributed by atoms with Crippen molar-refractivity contribution in [3.63, 3.8) is 0 Å². The molecule has 0 spiro atoms. The standard InChI is InChI=1S/C28H46O2/c1-4-5-6-7-8-9-10-11-12-13-14-15-16-17-18-21-26(29)23-28(30)27-22-19-20-24(2)25(27)3/h19-20,22H,4-18,21,23H2,1-3H3. The first-order valence-corrected chi connectivity index (χ1v) is 12.7. The van der Waals surface area contributed by atoms with E-state index in [1.165, 1.54) is 83.5 Å². The van der Waals surface area contributed by atoms with Gasteiger partial charge in [0.25, 0.3) is 0 Å². The van der Waals surface area contributed by atoms with Crippen molar-refractivity contribution in [2.45, 2.75) is 130 Å². The highest BCUT2D eigenvalue weighted by Gasteiger charge is 2.14. The third kappa shape index (κ3) is 12.3. The molecular formula is C28H46O2. The van der Waals surface area contributed by atoms with Crippen LogP contribution in [0.15, 0.2) is 18.2 Å². The molecule has 1 rings (SSSR count). The summed E-state index contributed by atoms with van der Waals surface area (Å²) in [5.74, 6) is 0.0674. The molecule has 170 valence electrons.